The van der Waals surface area contributed by atoms with Gasteiger partial charge in [0.05, 0.1) is 6.10 Å². The Morgan fingerprint density at radius 2 is 2.00 bits per heavy atom. The molecule has 64 valence electrons. The predicted molar refractivity (Wildman–Crippen MR) is 53.0 cm³/mol. The van der Waals surface area contributed by atoms with E-state index in [-0.39, 0.29) is 6.10 Å². The Balaban J connectivity index is 2.09. The third-order valence-electron chi connectivity index (χ3n) is 1.75. The molecule has 0 unspecified atom stereocenters. The highest BCUT2D eigenvalue weighted by molar-refractivity contribution is 14.1. The van der Waals surface area contributed by atoms with E-state index in [1.807, 2.05) is 4.90 Å². The molecule has 1 aromatic rings. The zero-order valence-corrected chi connectivity index (χ0v) is 8.47. The minimum atomic E-state index is -0.201. The fourth-order valence-electron chi connectivity index (χ4n) is 1.09. The van der Waals surface area contributed by atoms with Crippen LogP contribution in [0, 0.1) is 3.57 Å². The van der Waals surface area contributed by atoms with Gasteiger partial charge in [-0.2, -0.15) is 0 Å². The highest BCUT2D eigenvalue weighted by Gasteiger charge is 2.26. The van der Waals surface area contributed by atoms with Crippen LogP contribution in [0.25, 0.3) is 0 Å². The van der Waals surface area contributed by atoms with Crippen molar-refractivity contribution in [2.75, 3.05) is 18.0 Å². The molecular weight excluding hydrogens is 269 g/mol. The zero-order valence-electron chi connectivity index (χ0n) is 6.31. The number of hydrogen-bond donors (Lipinski definition) is 1. The molecule has 0 aromatic carbocycles. The average Bonchev–Trinajstić information content (AvgIpc) is 2.01. The highest BCUT2D eigenvalue weighted by atomic mass is 127. The lowest BCUT2D eigenvalue weighted by Crippen LogP contribution is -2.51. The average molecular weight is 277 g/mol. The maximum absolute atomic E-state index is 9.04. The molecule has 1 aromatic heterocycles. The zero-order chi connectivity index (χ0) is 8.55. The Hall–Kier alpha value is -0.430. The van der Waals surface area contributed by atoms with Gasteiger partial charge in [0.15, 0.2) is 0 Å². The summed E-state index contributed by atoms with van der Waals surface area (Å²) in [6.45, 7) is 1.31. The smallest absolute Gasteiger partial charge is 0.225 e. The summed E-state index contributed by atoms with van der Waals surface area (Å²) >= 11 is 2.16. The van der Waals surface area contributed by atoms with Gasteiger partial charge in [0, 0.05) is 29.1 Å². The lowest BCUT2D eigenvalue weighted by atomic mass is 10.2. The summed E-state index contributed by atoms with van der Waals surface area (Å²) in [5, 5.41) is 9.04. The van der Waals surface area contributed by atoms with E-state index in [0.29, 0.717) is 19.0 Å². The number of hydrogen-bond acceptors (Lipinski definition) is 4. The molecule has 0 saturated carbocycles. The van der Waals surface area contributed by atoms with E-state index in [2.05, 4.69) is 32.6 Å². The quantitative estimate of drug-likeness (QED) is 0.748. The van der Waals surface area contributed by atoms with E-state index in [1.54, 1.807) is 12.4 Å². The molecule has 2 heterocycles. The minimum absolute atomic E-state index is 0.201. The van der Waals surface area contributed by atoms with Crippen molar-refractivity contribution in [3.8, 4) is 0 Å². The molecule has 5 heteroatoms. The molecule has 0 radical (unpaired) electrons. The van der Waals surface area contributed by atoms with E-state index in [0.717, 1.165) is 3.57 Å². The number of halogens is 1. The first-order chi connectivity index (χ1) is 5.75. The Morgan fingerprint density at radius 3 is 2.50 bits per heavy atom. The number of aliphatic hydroxyl groups excluding tert-OH is 1. The fourth-order valence-corrected chi connectivity index (χ4v) is 1.37. The standard InChI is InChI=1S/C7H8IN3O/c8-5-1-9-7(10-2-5)11-3-6(12)4-11/h1-2,6,12H,3-4H2. The predicted octanol–water partition coefficient (Wildman–Crippen LogP) is 0.262. The van der Waals surface area contributed by atoms with Gasteiger partial charge >= 0.3 is 0 Å². The summed E-state index contributed by atoms with van der Waals surface area (Å²) < 4.78 is 1.03. The van der Waals surface area contributed by atoms with Crippen LogP contribution in [0.4, 0.5) is 5.95 Å². The molecule has 0 atom stereocenters. The number of aromatic nitrogens is 2. The molecule has 12 heavy (non-hydrogen) atoms. The first kappa shape index (κ1) is 8.18. The number of aliphatic hydroxyl groups is 1. The molecule has 1 aliphatic rings. The lowest BCUT2D eigenvalue weighted by Gasteiger charge is -2.35. The number of nitrogens with zero attached hydrogens (tertiary/aromatic N) is 3. The normalized spacial score (nSPS) is 17.7. The van der Waals surface area contributed by atoms with E-state index >= 15 is 0 Å². The second-order valence-electron chi connectivity index (χ2n) is 2.76. The molecule has 1 saturated heterocycles. The monoisotopic (exact) mass is 277 g/mol. The van der Waals surface area contributed by atoms with Crippen LogP contribution in [0.15, 0.2) is 12.4 Å². The van der Waals surface area contributed by atoms with Gasteiger partial charge in [-0.3, -0.25) is 0 Å². The Bertz CT molecular complexity index is 270. The van der Waals surface area contributed by atoms with E-state index in [1.165, 1.54) is 0 Å². The summed E-state index contributed by atoms with van der Waals surface area (Å²) in [7, 11) is 0. The first-order valence-corrected chi connectivity index (χ1v) is 4.74. The van der Waals surface area contributed by atoms with Gasteiger partial charge in [0.25, 0.3) is 0 Å². The van der Waals surface area contributed by atoms with Gasteiger partial charge in [-0.25, -0.2) is 9.97 Å². The van der Waals surface area contributed by atoms with E-state index in [9.17, 15) is 0 Å². The second kappa shape index (κ2) is 3.14. The van der Waals surface area contributed by atoms with Crippen LogP contribution in [0.5, 0.6) is 0 Å². The number of anilines is 1. The third kappa shape index (κ3) is 1.51. The van der Waals surface area contributed by atoms with Gasteiger partial charge in [-0.1, -0.05) is 0 Å². The summed E-state index contributed by atoms with van der Waals surface area (Å²) in [6, 6.07) is 0. The Morgan fingerprint density at radius 1 is 1.42 bits per heavy atom. The molecule has 2 rings (SSSR count). The summed E-state index contributed by atoms with van der Waals surface area (Å²) in [6.07, 6.45) is 3.34. The van der Waals surface area contributed by atoms with E-state index < -0.39 is 0 Å². The van der Waals surface area contributed by atoms with Crippen molar-refractivity contribution in [3.63, 3.8) is 0 Å². The molecular formula is C7H8IN3O. The molecule has 1 aliphatic heterocycles. The molecule has 1 N–H and O–H groups in total. The second-order valence-corrected chi connectivity index (χ2v) is 4.01. The molecule has 0 aliphatic carbocycles. The van der Waals surface area contributed by atoms with Crippen molar-refractivity contribution < 1.29 is 5.11 Å². The maximum atomic E-state index is 9.04. The molecule has 0 bridgehead atoms. The van der Waals surface area contributed by atoms with Crippen molar-refractivity contribution in [3.05, 3.63) is 16.0 Å². The summed E-state index contributed by atoms with van der Waals surface area (Å²) in [5.74, 6) is 0.709. The van der Waals surface area contributed by atoms with Gasteiger partial charge < -0.3 is 10.0 Å². The van der Waals surface area contributed by atoms with Crippen molar-refractivity contribution in [1.29, 1.82) is 0 Å². The lowest BCUT2D eigenvalue weighted by molar-refractivity contribution is 0.140. The minimum Gasteiger partial charge on any atom is -0.389 e. The van der Waals surface area contributed by atoms with Crippen LogP contribution in [-0.4, -0.2) is 34.3 Å². The van der Waals surface area contributed by atoms with Crippen molar-refractivity contribution in [2.45, 2.75) is 6.10 Å². The Labute approximate surface area is 83.8 Å². The van der Waals surface area contributed by atoms with Gasteiger partial charge in [-0.05, 0) is 22.6 Å². The van der Waals surface area contributed by atoms with Gasteiger partial charge in [0.1, 0.15) is 0 Å². The fraction of sp³-hybridized carbons (Fsp3) is 0.429. The van der Waals surface area contributed by atoms with Gasteiger partial charge in [-0.15, -0.1) is 0 Å². The van der Waals surface area contributed by atoms with Crippen LogP contribution < -0.4 is 4.90 Å². The van der Waals surface area contributed by atoms with Crippen LogP contribution >= 0.6 is 22.6 Å². The third-order valence-corrected chi connectivity index (χ3v) is 2.31. The number of β-amino-alcohol motifs (C(OH)–C–C–N with tert-alkyl or cyclic N) is 1. The number of rotatable bonds is 1. The Kier molecular flexibility index (Phi) is 2.14. The molecule has 4 nitrogen and oxygen atoms in total. The molecule has 1 fully saturated rings. The van der Waals surface area contributed by atoms with E-state index in [4.69, 9.17) is 5.11 Å². The SMILES string of the molecule is OC1CN(c2ncc(I)cn2)C1. The summed E-state index contributed by atoms with van der Waals surface area (Å²) in [5.41, 5.74) is 0. The van der Waals surface area contributed by atoms with Crippen molar-refractivity contribution in [2.24, 2.45) is 0 Å². The van der Waals surface area contributed by atoms with Crippen LogP contribution in [0.3, 0.4) is 0 Å². The van der Waals surface area contributed by atoms with Crippen LogP contribution in [0.2, 0.25) is 0 Å². The maximum Gasteiger partial charge on any atom is 0.225 e. The van der Waals surface area contributed by atoms with Crippen LogP contribution in [-0.2, 0) is 0 Å². The van der Waals surface area contributed by atoms with Gasteiger partial charge in [0.2, 0.25) is 5.95 Å². The first-order valence-electron chi connectivity index (χ1n) is 3.66. The van der Waals surface area contributed by atoms with Crippen molar-refractivity contribution >= 4 is 28.5 Å². The van der Waals surface area contributed by atoms with Crippen molar-refractivity contribution in [1.82, 2.24) is 9.97 Å². The topological polar surface area (TPSA) is 49.2 Å². The largest absolute Gasteiger partial charge is 0.389 e. The molecule has 0 spiro atoms. The summed E-state index contributed by atoms with van der Waals surface area (Å²) in [4.78, 5) is 10.2. The molecule has 0 amide bonds. The van der Waals surface area contributed by atoms with Crippen LogP contribution in [0.1, 0.15) is 0 Å². The highest BCUT2D eigenvalue weighted by Crippen LogP contribution is 2.15.